The summed E-state index contributed by atoms with van der Waals surface area (Å²) in [4.78, 5) is 11.1. The van der Waals surface area contributed by atoms with Gasteiger partial charge in [0.15, 0.2) is 0 Å². The van der Waals surface area contributed by atoms with E-state index in [0.717, 1.165) is 57.8 Å². The molecule has 4 aliphatic heterocycles. The molecule has 10 aromatic carbocycles. The molecule has 0 radical (unpaired) electrons. The molecule has 8 aliphatic rings. The molecule has 6 heterocycles. The number of anilines is 12. The zero-order valence-corrected chi connectivity index (χ0v) is 76.6. The van der Waals surface area contributed by atoms with E-state index in [-0.39, 0.29) is 67.6 Å². The van der Waals surface area contributed by atoms with Gasteiger partial charge in [-0.25, -0.2) is 0 Å². The van der Waals surface area contributed by atoms with Crippen LogP contribution in [0.3, 0.4) is 0 Å². The number of nitrogens with zero attached hydrogens (tertiary/aromatic N) is 4. The maximum Gasteiger partial charge on any atom is 0.264 e. The van der Waals surface area contributed by atoms with Crippen LogP contribution in [0, 0.1) is 34.6 Å². The number of benzene rings is 10. The number of hydrogen-bond donors (Lipinski definition) is 0. The van der Waals surface area contributed by atoms with Gasteiger partial charge in [0.1, 0.15) is 0 Å². The number of rotatable bonds is 7. The molecule has 0 bridgehead atoms. The molecule has 4 nitrogen and oxygen atoms in total. The molecule has 0 N–H and O–H groups in total. The lowest BCUT2D eigenvalue weighted by molar-refractivity contribution is 0.238. The van der Waals surface area contributed by atoms with Gasteiger partial charge in [-0.3, -0.25) is 0 Å². The molecule has 117 heavy (non-hydrogen) atoms. The van der Waals surface area contributed by atoms with Gasteiger partial charge in [-0.05, 0) is 332 Å². The monoisotopic (exact) mass is 1570 g/mol. The van der Waals surface area contributed by atoms with Gasteiger partial charge >= 0.3 is 0 Å². The fraction of sp³-hybridized carbons (Fsp3) is 0.413. The van der Waals surface area contributed by atoms with Crippen LogP contribution in [0.2, 0.25) is 0 Å². The summed E-state index contributed by atoms with van der Waals surface area (Å²) < 4.78 is 5.61. The summed E-state index contributed by atoms with van der Waals surface area (Å²) >= 11 is 4.07. The Labute approximate surface area is 709 Å². The second-order valence-corrected chi connectivity index (χ2v) is 46.7. The van der Waals surface area contributed by atoms with E-state index >= 15 is 0 Å². The molecule has 0 spiro atoms. The maximum absolute atomic E-state index is 2.86. The van der Waals surface area contributed by atoms with Crippen LogP contribution >= 0.6 is 22.7 Å². The Kier molecular flexibility index (Phi) is 16.7. The van der Waals surface area contributed by atoms with Crippen molar-refractivity contribution in [2.75, 3.05) is 19.6 Å². The smallest absolute Gasteiger partial charge is 0.264 e. The zero-order valence-electron chi connectivity index (χ0n) is 74.9. The van der Waals surface area contributed by atoms with Crippen LogP contribution in [0.15, 0.2) is 164 Å². The minimum absolute atomic E-state index is 0.00650. The van der Waals surface area contributed by atoms with E-state index in [1.807, 2.05) is 22.7 Å². The summed E-state index contributed by atoms with van der Waals surface area (Å²) in [5.74, 6) is 0. The summed E-state index contributed by atoms with van der Waals surface area (Å²) in [5.41, 5.74) is 42.8. The summed E-state index contributed by atoms with van der Waals surface area (Å²) in [7, 11) is 0. The summed E-state index contributed by atoms with van der Waals surface area (Å²) in [6, 6.07) is 67.9. The second-order valence-electron chi connectivity index (χ2n) is 44.5. The third kappa shape index (κ3) is 11.4. The van der Waals surface area contributed by atoms with Crippen molar-refractivity contribution in [2.45, 2.75) is 291 Å². The van der Waals surface area contributed by atoms with Crippen LogP contribution in [0.1, 0.15) is 286 Å². The fourth-order valence-electron chi connectivity index (χ4n) is 23.8. The Hall–Kier alpha value is -8.55. The Morgan fingerprint density at radius 2 is 0.709 bits per heavy atom. The molecule has 0 saturated carbocycles. The third-order valence-electron chi connectivity index (χ3n) is 31.3. The van der Waals surface area contributed by atoms with Crippen molar-refractivity contribution < 1.29 is 0 Å². The molecule has 20 rings (SSSR count). The normalized spacial score (nSPS) is 21.0. The van der Waals surface area contributed by atoms with E-state index in [9.17, 15) is 0 Å². The van der Waals surface area contributed by atoms with E-state index in [0.29, 0.717) is 0 Å². The molecular weight excluding hydrogens is 1450 g/mol. The lowest BCUT2D eigenvalue weighted by Crippen LogP contribution is -2.61. The van der Waals surface area contributed by atoms with Crippen molar-refractivity contribution >= 4 is 156 Å². The van der Waals surface area contributed by atoms with Crippen molar-refractivity contribution in [1.29, 1.82) is 0 Å². The molecule has 4 aliphatic carbocycles. The second kappa shape index (κ2) is 25.3. The minimum Gasteiger partial charge on any atom is -0.311 e. The summed E-state index contributed by atoms with van der Waals surface area (Å²) in [6.45, 7) is 61.9. The molecule has 2 unspecified atom stereocenters. The van der Waals surface area contributed by atoms with Crippen molar-refractivity contribution in [3.8, 4) is 0 Å². The first kappa shape index (κ1) is 77.1. The molecule has 2 atom stereocenters. The molecule has 2 aromatic heterocycles. The van der Waals surface area contributed by atoms with Gasteiger partial charge < -0.3 is 19.6 Å². The van der Waals surface area contributed by atoms with E-state index in [4.69, 9.17) is 0 Å². The fourth-order valence-corrected chi connectivity index (χ4v) is 26.4. The number of thiophene rings is 2. The van der Waals surface area contributed by atoms with Crippen LogP contribution in [0.25, 0.3) is 20.2 Å². The predicted octanol–water partition coefficient (Wildman–Crippen LogP) is 27.3. The van der Waals surface area contributed by atoms with Crippen LogP contribution < -0.4 is 51.0 Å². The van der Waals surface area contributed by atoms with Crippen LogP contribution in [-0.4, -0.2) is 13.4 Å². The third-order valence-corrected chi connectivity index (χ3v) is 33.7. The lowest BCUT2D eigenvalue weighted by Gasteiger charge is -2.51. The van der Waals surface area contributed by atoms with Gasteiger partial charge in [-0.1, -0.05) is 229 Å². The predicted molar refractivity (Wildman–Crippen MR) is 512 cm³/mol. The first-order chi connectivity index (χ1) is 55.0. The molecule has 8 heteroatoms. The van der Waals surface area contributed by atoms with Crippen molar-refractivity contribution in [1.82, 2.24) is 0 Å². The highest BCUT2D eigenvalue weighted by Gasteiger charge is 2.55. The molecule has 0 saturated heterocycles. The standard InChI is InChI=1S/C109H122B2N4S2/c1-63-30-43-89-73(54-63)95-99(117-89)111-81-40-38-77-91(97(81)112(70-33-35-74-78(61-70)105(18,19)45-44-102(74,12)13)84-55-65(3)58-87(93(84)111)115(95)83-42-32-69(60-67(83)5)101(9,10)11)107(22,23)49-51-108(77,24)52-53-109(25)50-48-103(14,15)75-36-34-71(62-79(75)109)113-85-56-64(2)57-86-92(85)110(80-39-37-76-90(96(80)113)106(20,21)47-46-104(76,16)17)98-94(72-28-26-27-29-88(72)116-98)114(86)82-41-31-68(59-66(82)4)100(6,7)8/h26-43,54-62H,44-53H2,1-25H3. The largest absolute Gasteiger partial charge is 0.311 e. The Balaban J connectivity index is 0.769. The Morgan fingerprint density at radius 1 is 0.316 bits per heavy atom. The average Bonchev–Trinajstić information content (AvgIpc) is 1.67. The zero-order chi connectivity index (χ0) is 82.4. The number of aryl methyl sites for hydroxylation is 5. The first-order valence-corrected chi connectivity index (χ1v) is 46.0. The minimum atomic E-state index is -0.141. The molecular formula is C109H122B2N4S2. The molecule has 12 aromatic rings. The van der Waals surface area contributed by atoms with Crippen LogP contribution in [0.4, 0.5) is 68.2 Å². The van der Waals surface area contributed by atoms with Gasteiger partial charge in [-0.2, -0.15) is 0 Å². The Bertz CT molecular complexity index is 6290. The average molecular weight is 1570 g/mol. The Morgan fingerprint density at radius 3 is 1.21 bits per heavy atom. The van der Waals surface area contributed by atoms with Crippen LogP contribution in [0.5, 0.6) is 0 Å². The van der Waals surface area contributed by atoms with Crippen molar-refractivity contribution in [2.24, 2.45) is 0 Å². The maximum atomic E-state index is 2.86. The lowest BCUT2D eigenvalue weighted by atomic mass is 9.35. The van der Waals surface area contributed by atoms with Gasteiger partial charge in [0, 0.05) is 86.6 Å². The van der Waals surface area contributed by atoms with Crippen LogP contribution in [-0.2, 0) is 54.1 Å². The van der Waals surface area contributed by atoms with Gasteiger partial charge in [0.25, 0.3) is 13.4 Å². The van der Waals surface area contributed by atoms with Gasteiger partial charge in [0.05, 0.1) is 11.4 Å². The van der Waals surface area contributed by atoms with Gasteiger partial charge in [-0.15, -0.1) is 22.7 Å². The van der Waals surface area contributed by atoms with Crippen molar-refractivity contribution in [3.05, 3.63) is 247 Å². The quantitative estimate of drug-likeness (QED) is 0.147. The number of fused-ring (bicyclic) bond motifs is 18. The number of hydrogen-bond acceptors (Lipinski definition) is 6. The van der Waals surface area contributed by atoms with E-state index in [2.05, 4.69) is 356 Å². The molecule has 0 fully saturated rings. The highest BCUT2D eigenvalue weighted by atomic mass is 32.1. The first-order valence-electron chi connectivity index (χ1n) is 44.4. The van der Waals surface area contributed by atoms with Gasteiger partial charge in [0.2, 0.25) is 0 Å². The highest BCUT2D eigenvalue weighted by molar-refractivity contribution is 7.34. The summed E-state index contributed by atoms with van der Waals surface area (Å²) in [6.07, 6.45) is 11.3. The van der Waals surface area contributed by atoms with E-state index in [1.165, 1.54) is 193 Å². The van der Waals surface area contributed by atoms with Crippen molar-refractivity contribution in [3.63, 3.8) is 0 Å². The summed E-state index contributed by atoms with van der Waals surface area (Å²) in [5, 5.41) is 2.69. The molecule has 596 valence electrons. The molecule has 0 amide bonds. The topological polar surface area (TPSA) is 13.0 Å². The SMILES string of the molecule is Cc1cc2c3c(c1)N(c1ccc(C(C)(C)C)cc1C)c1c(sc4ccccc14)B3c1ccc3c(c1N2c1ccc2c(c1)C(C)(CCC1(C)CCC(C)(C)c4c1ccc1c4N(c4ccc5c(c4)C(C)(C)CCC5(C)C)c4cc(C)cc5c4B1c1sc4ccc(C)cc4c1N5c1ccc(C(C)(C)C)cc1C)CCC2(C)C)C(C)(C)CCC3(C)C. The highest BCUT2D eigenvalue weighted by Crippen LogP contribution is 2.62. The van der Waals surface area contributed by atoms with E-state index < -0.39 is 0 Å². The van der Waals surface area contributed by atoms with E-state index in [1.54, 1.807) is 16.7 Å².